The molecule has 224 valence electrons. The summed E-state index contributed by atoms with van der Waals surface area (Å²) in [6.07, 6.45) is 2.65. The molecular formula is C30H40N2O9. The number of benzene rings is 2. The molecule has 11 nitrogen and oxygen atoms in total. The highest BCUT2D eigenvalue weighted by Crippen LogP contribution is 2.45. The van der Waals surface area contributed by atoms with Gasteiger partial charge in [-0.2, -0.15) is 5.26 Å². The topological polar surface area (TPSA) is 157 Å². The van der Waals surface area contributed by atoms with Gasteiger partial charge in [0.1, 0.15) is 18.1 Å². The molecule has 0 aliphatic rings. The predicted molar refractivity (Wildman–Crippen MR) is 153 cm³/mol. The number of carboxylic acids is 2. The molecule has 0 amide bonds. The number of rotatable bonds is 16. The van der Waals surface area contributed by atoms with Crippen molar-refractivity contribution in [1.82, 2.24) is 5.32 Å². The molecule has 11 heteroatoms. The SMILES string of the molecule is COc1ccc(OCCNCCCC(C#N)(c2cc(OC)c(OC)c(OC)c2)C(C)C)cc1.O=C(O)C=CC(=O)O. The highest BCUT2D eigenvalue weighted by atomic mass is 16.5. The number of methoxy groups -OCH3 is 4. The third-order valence-electron chi connectivity index (χ3n) is 6.27. The average molecular weight is 573 g/mol. The minimum absolute atomic E-state index is 0.101. The molecule has 0 saturated carbocycles. The van der Waals surface area contributed by atoms with Gasteiger partial charge in [-0.05, 0) is 67.3 Å². The van der Waals surface area contributed by atoms with Gasteiger partial charge in [-0.1, -0.05) is 13.8 Å². The summed E-state index contributed by atoms with van der Waals surface area (Å²) in [5.41, 5.74) is 0.200. The monoisotopic (exact) mass is 572 g/mol. The first-order valence-corrected chi connectivity index (χ1v) is 12.9. The lowest BCUT2D eigenvalue weighted by Gasteiger charge is -2.32. The van der Waals surface area contributed by atoms with Gasteiger partial charge in [-0.25, -0.2) is 9.59 Å². The molecule has 0 aromatic heterocycles. The molecule has 0 spiro atoms. The van der Waals surface area contributed by atoms with Gasteiger partial charge in [-0.3, -0.25) is 0 Å². The van der Waals surface area contributed by atoms with Gasteiger partial charge in [-0.15, -0.1) is 0 Å². The van der Waals surface area contributed by atoms with E-state index in [1.165, 1.54) is 0 Å². The number of aliphatic carboxylic acids is 2. The Morgan fingerprint density at radius 1 is 0.902 bits per heavy atom. The van der Waals surface area contributed by atoms with Crippen LogP contribution in [0, 0.1) is 17.2 Å². The molecule has 1 atom stereocenters. The average Bonchev–Trinajstić information content (AvgIpc) is 2.97. The number of carbonyl (C=O) groups is 2. The second-order valence-corrected chi connectivity index (χ2v) is 9.04. The van der Waals surface area contributed by atoms with Crippen LogP contribution < -0.4 is 29.0 Å². The van der Waals surface area contributed by atoms with E-state index < -0.39 is 17.4 Å². The zero-order valence-electron chi connectivity index (χ0n) is 24.4. The molecule has 0 aliphatic carbocycles. The van der Waals surface area contributed by atoms with Crippen LogP contribution in [-0.4, -0.2) is 70.3 Å². The Bertz CT molecular complexity index is 1130. The molecule has 0 heterocycles. The molecule has 0 aliphatic heterocycles. The molecule has 0 fully saturated rings. The van der Waals surface area contributed by atoms with Crippen LogP contribution in [0.3, 0.4) is 0 Å². The summed E-state index contributed by atoms with van der Waals surface area (Å²) in [7, 11) is 6.39. The highest BCUT2D eigenvalue weighted by molar-refractivity contribution is 5.89. The molecule has 2 aromatic rings. The summed E-state index contributed by atoms with van der Waals surface area (Å²) < 4.78 is 27.4. The summed E-state index contributed by atoms with van der Waals surface area (Å²) in [4.78, 5) is 19.1. The van der Waals surface area contributed by atoms with E-state index in [2.05, 4.69) is 25.2 Å². The van der Waals surface area contributed by atoms with Gasteiger partial charge in [0.25, 0.3) is 0 Å². The summed E-state index contributed by atoms with van der Waals surface area (Å²) in [5, 5.41) is 29.3. The molecule has 0 bridgehead atoms. The lowest BCUT2D eigenvalue weighted by atomic mass is 9.69. The lowest BCUT2D eigenvalue weighted by Crippen LogP contribution is -2.32. The van der Waals surface area contributed by atoms with Crippen molar-refractivity contribution in [3.05, 3.63) is 54.1 Å². The molecule has 0 radical (unpaired) electrons. The lowest BCUT2D eigenvalue weighted by molar-refractivity contribution is -0.134. The molecule has 1 unspecified atom stereocenters. The van der Waals surface area contributed by atoms with Crippen LogP contribution in [0.2, 0.25) is 0 Å². The van der Waals surface area contributed by atoms with Crippen LogP contribution >= 0.6 is 0 Å². The van der Waals surface area contributed by atoms with Crippen molar-refractivity contribution in [2.45, 2.75) is 32.1 Å². The van der Waals surface area contributed by atoms with E-state index in [9.17, 15) is 14.9 Å². The molecular weight excluding hydrogens is 532 g/mol. The first-order chi connectivity index (χ1) is 19.6. The van der Waals surface area contributed by atoms with Crippen LogP contribution in [0.1, 0.15) is 32.3 Å². The number of carboxylic acid groups (broad SMARTS) is 2. The van der Waals surface area contributed by atoms with Gasteiger partial charge in [0.2, 0.25) is 5.75 Å². The summed E-state index contributed by atoms with van der Waals surface area (Å²) in [6, 6.07) is 13.9. The Morgan fingerprint density at radius 2 is 1.44 bits per heavy atom. The third-order valence-corrected chi connectivity index (χ3v) is 6.27. The van der Waals surface area contributed by atoms with Gasteiger partial charge < -0.3 is 39.2 Å². The van der Waals surface area contributed by atoms with Crippen molar-refractivity contribution < 1.29 is 43.5 Å². The second kappa shape index (κ2) is 18.0. The van der Waals surface area contributed by atoms with Crippen molar-refractivity contribution in [3.8, 4) is 34.8 Å². The molecule has 2 aromatic carbocycles. The number of nitriles is 1. The predicted octanol–water partition coefficient (Wildman–Crippen LogP) is 4.30. The van der Waals surface area contributed by atoms with E-state index >= 15 is 0 Å². The fourth-order valence-corrected chi connectivity index (χ4v) is 4.03. The van der Waals surface area contributed by atoms with Gasteiger partial charge in [0.05, 0.1) is 39.9 Å². The third kappa shape index (κ3) is 10.9. The number of nitrogens with zero attached hydrogens (tertiary/aromatic N) is 1. The van der Waals surface area contributed by atoms with Crippen molar-refractivity contribution in [1.29, 1.82) is 5.26 Å². The normalized spacial score (nSPS) is 12.0. The van der Waals surface area contributed by atoms with E-state index in [1.54, 1.807) is 28.4 Å². The number of ether oxygens (including phenoxy) is 5. The van der Waals surface area contributed by atoms with E-state index in [0.29, 0.717) is 42.4 Å². The first kappa shape index (κ1) is 34.6. The van der Waals surface area contributed by atoms with Crippen LogP contribution in [0.5, 0.6) is 28.7 Å². The Kier molecular flexibility index (Phi) is 15.2. The van der Waals surface area contributed by atoms with Crippen LogP contribution in [-0.2, 0) is 15.0 Å². The zero-order valence-corrected chi connectivity index (χ0v) is 24.4. The van der Waals surface area contributed by atoms with Gasteiger partial charge in [0, 0.05) is 18.7 Å². The maximum Gasteiger partial charge on any atom is 0.328 e. The smallest absolute Gasteiger partial charge is 0.328 e. The largest absolute Gasteiger partial charge is 0.497 e. The van der Waals surface area contributed by atoms with E-state index in [0.717, 1.165) is 36.6 Å². The first-order valence-electron chi connectivity index (χ1n) is 12.9. The van der Waals surface area contributed by atoms with Crippen LogP contribution in [0.4, 0.5) is 0 Å². The number of hydrogen-bond acceptors (Lipinski definition) is 9. The Morgan fingerprint density at radius 3 is 1.85 bits per heavy atom. The van der Waals surface area contributed by atoms with Crippen LogP contribution in [0.15, 0.2) is 48.6 Å². The molecule has 41 heavy (non-hydrogen) atoms. The van der Waals surface area contributed by atoms with Crippen molar-refractivity contribution in [2.24, 2.45) is 5.92 Å². The van der Waals surface area contributed by atoms with Gasteiger partial charge in [0.15, 0.2) is 11.5 Å². The maximum atomic E-state index is 10.2. The standard InChI is InChI=1S/C26H36N2O5.C4H4O4/c1-19(2)26(18-27,20-16-23(30-4)25(32-6)24(17-20)31-5)12-7-13-28-14-15-33-22-10-8-21(29-3)9-11-22;5-3(6)1-2-4(7)8/h8-11,16-17,19,28H,7,12-15H2,1-6H3;1-2H,(H,5,6)(H,7,8). The highest BCUT2D eigenvalue weighted by Gasteiger charge is 2.37. The fraction of sp³-hybridized carbons (Fsp3) is 0.433. The summed E-state index contributed by atoms with van der Waals surface area (Å²) in [5.74, 6) is 0.838. The summed E-state index contributed by atoms with van der Waals surface area (Å²) >= 11 is 0. The Balaban J connectivity index is 0.000000915. The van der Waals surface area contributed by atoms with Crippen molar-refractivity contribution in [3.63, 3.8) is 0 Å². The van der Waals surface area contributed by atoms with Gasteiger partial charge >= 0.3 is 11.9 Å². The second-order valence-electron chi connectivity index (χ2n) is 9.04. The fourth-order valence-electron chi connectivity index (χ4n) is 4.03. The molecule has 2 rings (SSSR count). The Labute approximate surface area is 241 Å². The minimum Gasteiger partial charge on any atom is -0.497 e. The number of nitrogens with one attached hydrogen (secondary N) is 1. The molecule has 3 N–H and O–H groups in total. The Hall–Kier alpha value is -4.43. The van der Waals surface area contributed by atoms with E-state index in [1.807, 2.05) is 36.4 Å². The van der Waals surface area contributed by atoms with Crippen molar-refractivity contribution in [2.75, 3.05) is 48.1 Å². The minimum atomic E-state index is -1.26. The quantitative estimate of drug-likeness (QED) is 0.195. The van der Waals surface area contributed by atoms with E-state index in [-0.39, 0.29) is 5.92 Å². The van der Waals surface area contributed by atoms with Crippen LogP contribution in [0.25, 0.3) is 0 Å². The maximum absolute atomic E-state index is 10.2. The zero-order chi connectivity index (χ0) is 30.8. The van der Waals surface area contributed by atoms with Crippen molar-refractivity contribution >= 4 is 11.9 Å². The molecule has 0 saturated heterocycles. The van der Waals surface area contributed by atoms with E-state index in [4.69, 9.17) is 33.9 Å². The number of hydrogen-bond donors (Lipinski definition) is 3. The summed E-state index contributed by atoms with van der Waals surface area (Å²) in [6.45, 7) is 6.21.